The van der Waals surface area contributed by atoms with E-state index in [9.17, 15) is 5.11 Å². The highest BCUT2D eigenvalue weighted by molar-refractivity contribution is 5.37. The van der Waals surface area contributed by atoms with Crippen LogP contribution in [-0.2, 0) is 11.3 Å². The van der Waals surface area contributed by atoms with Crippen LogP contribution in [0.4, 0.5) is 0 Å². The summed E-state index contributed by atoms with van der Waals surface area (Å²) in [6.07, 6.45) is 6.14. The van der Waals surface area contributed by atoms with Crippen LogP contribution in [0.1, 0.15) is 63.2 Å². The molecule has 118 valence electrons. The van der Waals surface area contributed by atoms with Crippen LogP contribution >= 0.6 is 0 Å². The second-order valence-electron chi connectivity index (χ2n) is 6.05. The van der Waals surface area contributed by atoms with E-state index in [4.69, 9.17) is 9.47 Å². The number of rotatable bonds is 6. The van der Waals surface area contributed by atoms with Gasteiger partial charge in [-0.1, -0.05) is 32.3 Å². The molecule has 2 rings (SSSR count). The van der Waals surface area contributed by atoms with Crippen LogP contribution < -0.4 is 4.74 Å². The third kappa shape index (κ3) is 4.21. The van der Waals surface area contributed by atoms with Crippen molar-refractivity contribution in [2.24, 2.45) is 5.92 Å². The molecule has 1 fully saturated rings. The summed E-state index contributed by atoms with van der Waals surface area (Å²) in [5.41, 5.74) is 1.93. The Morgan fingerprint density at radius 3 is 2.71 bits per heavy atom. The molecule has 0 heterocycles. The van der Waals surface area contributed by atoms with E-state index in [0.717, 1.165) is 23.3 Å². The van der Waals surface area contributed by atoms with Crippen molar-refractivity contribution >= 4 is 0 Å². The van der Waals surface area contributed by atoms with E-state index in [-0.39, 0.29) is 0 Å². The highest BCUT2D eigenvalue weighted by atomic mass is 16.5. The topological polar surface area (TPSA) is 38.7 Å². The molecule has 1 aromatic carbocycles. The third-order valence-corrected chi connectivity index (χ3v) is 4.60. The van der Waals surface area contributed by atoms with Gasteiger partial charge in [0.05, 0.1) is 25.9 Å². The molecule has 0 aliphatic heterocycles. The van der Waals surface area contributed by atoms with Gasteiger partial charge in [-0.25, -0.2) is 0 Å². The number of benzene rings is 1. The van der Waals surface area contributed by atoms with Gasteiger partial charge in [0.15, 0.2) is 0 Å². The molecule has 0 aromatic heterocycles. The number of aliphatic hydroxyl groups is 1. The summed E-state index contributed by atoms with van der Waals surface area (Å²) in [6.45, 7) is 4.59. The van der Waals surface area contributed by atoms with Gasteiger partial charge in [-0.3, -0.25) is 0 Å². The summed E-state index contributed by atoms with van der Waals surface area (Å²) < 4.78 is 11.6. The molecule has 0 bridgehead atoms. The van der Waals surface area contributed by atoms with Crippen LogP contribution in [0.25, 0.3) is 0 Å². The van der Waals surface area contributed by atoms with Crippen LogP contribution in [-0.4, -0.2) is 18.3 Å². The Bertz CT molecular complexity index is 442. The van der Waals surface area contributed by atoms with Gasteiger partial charge in [0.25, 0.3) is 0 Å². The lowest BCUT2D eigenvalue weighted by Crippen LogP contribution is -2.27. The minimum atomic E-state index is -0.465. The quantitative estimate of drug-likeness (QED) is 0.852. The largest absolute Gasteiger partial charge is 0.496 e. The van der Waals surface area contributed by atoms with Gasteiger partial charge < -0.3 is 14.6 Å². The average Bonchev–Trinajstić information content (AvgIpc) is 2.52. The number of hydrogen-bond donors (Lipinski definition) is 1. The summed E-state index contributed by atoms with van der Waals surface area (Å²) in [7, 11) is 1.68. The Morgan fingerprint density at radius 2 is 2.05 bits per heavy atom. The van der Waals surface area contributed by atoms with E-state index in [1.54, 1.807) is 14.0 Å². The number of aliphatic hydroxyl groups excluding tert-OH is 1. The molecule has 1 aromatic rings. The number of methoxy groups -OCH3 is 1. The Labute approximate surface area is 128 Å². The summed E-state index contributed by atoms with van der Waals surface area (Å²) in [5, 5.41) is 9.73. The van der Waals surface area contributed by atoms with Crippen molar-refractivity contribution in [3.8, 4) is 5.75 Å². The molecule has 1 saturated carbocycles. The Hall–Kier alpha value is -1.06. The molecule has 0 spiro atoms. The molecule has 1 N–H and O–H groups in total. The van der Waals surface area contributed by atoms with Crippen LogP contribution in [0.2, 0.25) is 0 Å². The Morgan fingerprint density at radius 1 is 1.29 bits per heavy atom. The predicted octanol–water partition coefficient (Wildman–Crippen LogP) is 4.23. The lowest BCUT2D eigenvalue weighted by molar-refractivity contribution is -0.0228. The van der Waals surface area contributed by atoms with Gasteiger partial charge in [-0.15, -0.1) is 0 Å². The number of hydrogen-bond acceptors (Lipinski definition) is 3. The van der Waals surface area contributed by atoms with Crippen molar-refractivity contribution in [1.29, 1.82) is 0 Å². The van der Waals surface area contributed by atoms with Crippen molar-refractivity contribution in [3.05, 3.63) is 29.3 Å². The maximum Gasteiger partial charge on any atom is 0.124 e. The van der Waals surface area contributed by atoms with E-state index in [0.29, 0.717) is 18.6 Å². The monoisotopic (exact) mass is 292 g/mol. The lowest BCUT2D eigenvalue weighted by atomic mass is 9.85. The van der Waals surface area contributed by atoms with Gasteiger partial charge in [-0.2, -0.15) is 0 Å². The van der Waals surface area contributed by atoms with Crippen molar-refractivity contribution < 1.29 is 14.6 Å². The van der Waals surface area contributed by atoms with Gasteiger partial charge >= 0.3 is 0 Å². The zero-order valence-corrected chi connectivity index (χ0v) is 13.5. The molecule has 1 aliphatic carbocycles. The first-order chi connectivity index (χ1) is 10.2. The Kier molecular flexibility index (Phi) is 6.07. The highest BCUT2D eigenvalue weighted by Crippen LogP contribution is 2.31. The van der Waals surface area contributed by atoms with Crippen LogP contribution in [0, 0.1) is 5.92 Å². The molecule has 3 atom stereocenters. The normalized spacial score (nSPS) is 23.8. The van der Waals surface area contributed by atoms with E-state index in [2.05, 4.69) is 6.92 Å². The van der Waals surface area contributed by atoms with Crippen LogP contribution in [0.3, 0.4) is 0 Å². The van der Waals surface area contributed by atoms with E-state index in [1.165, 1.54) is 25.7 Å². The first kappa shape index (κ1) is 16.3. The second kappa shape index (κ2) is 7.81. The fourth-order valence-electron chi connectivity index (χ4n) is 3.23. The number of ether oxygens (including phenoxy) is 2. The maximum absolute atomic E-state index is 9.73. The molecule has 3 unspecified atom stereocenters. The van der Waals surface area contributed by atoms with Gasteiger partial charge in [0.1, 0.15) is 5.75 Å². The minimum absolute atomic E-state index is 0.365. The lowest BCUT2D eigenvalue weighted by Gasteiger charge is -2.31. The first-order valence-electron chi connectivity index (χ1n) is 8.12. The second-order valence-corrected chi connectivity index (χ2v) is 6.05. The van der Waals surface area contributed by atoms with E-state index >= 15 is 0 Å². The van der Waals surface area contributed by atoms with Crippen molar-refractivity contribution in [2.75, 3.05) is 7.11 Å². The van der Waals surface area contributed by atoms with Gasteiger partial charge in [0, 0.05) is 5.56 Å². The molecule has 3 nitrogen and oxygen atoms in total. The minimum Gasteiger partial charge on any atom is -0.496 e. The summed E-state index contributed by atoms with van der Waals surface area (Å²) in [4.78, 5) is 0. The fraction of sp³-hybridized carbons (Fsp3) is 0.667. The van der Waals surface area contributed by atoms with Crippen molar-refractivity contribution in [2.45, 2.75) is 64.8 Å². The standard InChI is InChI=1S/C18H28O3/c1-4-14-7-5-6-8-18(14)21-12-16-11-15(13(2)19)9-10-17(16)20-3/h9-11,13-14,18-19H,4-8,12H2,1-3H3. The third-order valence-electron chi connectivity index (χ3n) is 4.60. The summed E-state index contributed by atoms with van der Waals surface area (Å²) in [5.74, 6) is 1.52. The van der Waals surface area contributed by atoms with E-state index < -0.39 is 6.10 Å². The zero-order chi connectivity index (χ0) is 15.2. The molecule has 0 amide bonds. The average molecular weight is 292 g/mol. The maximum atomic E-state index is 9.73. The molecule has 3 heteroatoms. The highest BCUT2D eigenvalue weighted by Gasteiger charge is 2.24. The molecular weight excluding hydrogens is 264 g/mol. The van der Waals surface area contributed by atoms with E-state index in [1.807, 2.05) is 18.2 Å². The van der Waals surface area contributed by atoms with Crippen molar-refractivity contribution in [1.82, 2.24) is 0 Å². The summed E-state index contributed by atoms with van der Waals surface area (Å²) in [6, 6.07) is 5.81. The Balaban J connectivity index is 2.05. The molecule has 21 heavy (non-hydrogen) atoms. The smallest absolute Gasteiger partial charge is 0.124 e. The van der Waals surface area contributed by atoms with Crippen molar-refractivity contribution in [3.63, 3.8) is 0 Å². The fourth-order valence-corrected chi connectivity index (χ4v) is 3.23. The molecule has 0 saturated heterocycles. The summed E-state index contributed by atoms with van der Waals surface area (Å²) >= 11 is 0. The van der Waals surface area contributed by atoms with Gasteiger partial charge in [0.2, 0.25) is 0 Å². The molecule has 1 aliphatic rings. The van der Waals surface area contributed by atoms with Gasteiger partial charge in [-0.05, 0) is 43.4 Å². The molecular formula is C18H28O3. The van der Waals surface area contributed by atoms with Crippen LogP contribution in [0.15, 0.2) is 18.2 Å². The SMILES string of the molecule is CCC1CCCCC1OCc1cc(C(C)O)ccc1OC. The first-order valence-corrected chi connectivity index (χ1v) is 8.12. The zero-order valence-electron chi connectivity index (χ0n) is 13.5. The molecule has 0 radical (unpaired) electrons. The van der Waals surface area contributed by atoms with Crippen LogP contribution in [0.5, 0.6) is 5.75 Å². The predicted molar refractivity (Wildman–Crippen MR) is 84.5 cm³/mol.